The summed E-state index contributed by atoms with van der Waals surface area (Å²) in [5.74, 6) is 0.698. The average Bonchev–Trinajstić information content (AvgIpc) is 2.99. The van der Waals surface area contributed by atoms with E-state index in [1.807, 2.05) is 13.8 Å². The summed E-state index contributed by atoms with van der Waals surface area (Å²) in [6.45, 7) is 5.02. The van der Waals surface area contributed by atoms with Crippen LogP contribution in [0.3, 0.4) is 0 Å². The molecule has 0 bridgehead atoms. The molecular formula is C14H19ClN6O3. The molecule has 0 unspecified atom stereocenters. The largest absolute Gasteiger partial charge is 0.490 e. The number of carbonyl (C=O) groups is 1. The van der Waals surface area contributed by atoms with Gasteiger partial charge in [-0.1, -0.05) is 16.7 Å². The first-order valence-electron chi connectivity index (χ1n) is 7.41. The van der Waals surface area contributed by atoms with Crippen molar-refractivity contribution >= 4 is 23.5 Å². The Kier molecular flexibility index (Phi) is 6.19. The number of nitrogens with zero attached hydrogens (tertiary/aromatic N) is 4. The van der Waals surface area contributed by atoms with Crippen LogP contribution in [-0.2, 0) is 17.9 Å². The molecule has 9 nitrogen and oxygen atoms in total. The number of benzene rings is 1. The minimum absolute atomic E-state index is 0.275. The molecule has 0 aliphatic carbocycles. The maximum Gasteiger partial charge on any atom is 0.255 e. The third-order valence-corrected chi connectivity index (χ3v) is 3.29. The molecule has 1 heterocycles. The minimum Gasteiger partial charge on any atom is -0.490 e. The number of aryl methyl sites for hydroxylation is 1. The quantitative estimate of drug-likeness (QED) is 0.695. The second-order valence-electron chi connectivity index (χ2n) is 4.76. The Balaban J connectivity index is 2.17. The van der Waals surface area contributed by atoms with Gasteiger partial charge < -0.3 is 20.5 Å². The van der Waals surface area contributed by atoms with E-state index in [9.17, 15) is 4.79 Å². The molecule has 1 amide bonds. The molecule has 0 radical (unpaired) electrons. The molecule has 2 rings (SSSR count). The zero-order valence-electron chi connectivity index (χ0n) is 13.5. The lowest BCUT2D eigenvalue weighted by Gasteiger charge is -2.15. The van der Waals surface area contributed by atoms with Crippen LogP contribution in [0.2, 0.25) is 5.02 Å². The molecule has 0 spiro atoms. The number of halogens is 1. The maximum atomic E-state index is 10.9. The number of tetrazole rings is 1. The maximum absolute atomic E-state index is 10.9. The van der Waals surface area contributed by atoms with Crippen LogP contribution >= 0.6 is 11.6 Å². The molecular weight excluding hydrogens is 336 g/mol. The molecule has 130 valence electrons. The fourth-order valence-electron chi connectivity index (χ4n) is 2.00. The summed E-state index contributed by atoms with van der Waals surface area (Å²) in [5, 5.41) is 14.8. The van der Waals surface area contributed by atoms with Gasteiger partial charge in [-0.25, -0.2) is 4.68 Å². The number of nitrogens with one attached hydrogen (secondary N) is 1. The van der Waals surface area contributed by atoms with Crippen molar-refractivity contribution in [2.45, 2.75) is 26.9 Å². The number of hydrogen-bond donors (Lipinski definition) is 2. The van der Waals surface area contributed by atoms with Gasteiger partial charge in [-0.2, -0.15) is 0 Å². The Hall–Kier alpha value is -2.55. The van der Waals surface area contributed by atoms with E-state index in [0.717, 1.165) is 5.56 Å². The first-order valence-corrected chi connectivity index (χ1v) is 7.79. The summed E-state index contributed by atoms with van der Waals surface area (Å²) in [5.41, 5.74) is 5.94. The van der Waals surface area contributed by atoms with Crippen molar-refractivity contribution < 1.29 is 14.3 Å². The highest BCUT2D eigenvalue weighted by molar-refractivity contribution is 6.32. The molecule has 0 fully saturated rings. The number of rotatable bonds is 9. The average molecular weight is 355 g/mol. The number of hydrogen-bond acceptors (Lipinski definition) is 7. The first kappa shape index (κ1) is 17.8. The highest BCUT2D eigenvalue weighted by Crippen LogP contribution is 2.36. The van der Waals surface area contributed by atoms with Crippen LogP contribution in [0.25, 0.3) is 0 Å². The third kappa shape index (κ3) is 4.48. The molecule has 0 saturated carbocycles. The molecule has 0 aliphatic rings. The van der Waals surface area contributed by atoms with Gasteiger partial charge in [0.15, 0.2) is 18.1 Å². The Labute approximate surface area is 144 Å². The summed E-state index contributed by atoms with van der Waals surface area (Å²) in [7, 11) is 0. The zero-order valence-corrected chi connectivity index (χ0v) is 14.2. The van der Waals surface area contributed by atoms with Gasteiger partial charge in [0.05, 0.1) is 11.6 Å². The zero-order chi connectivity index (χ0) is 17.5. The monoisotopic (exact) mass is 354 g/mol. The fourth-order valence-corrected chi connectivity index (χ4v) is 2.28. The van der Waals surface area contributed by atoms with Gasteiger partial charge >= 0.3 is 0 Å². The van der Waals surface area contributed by atoms with Crippen molar-refractivity contribution in [3.63, 3.8) is 0 Å². The van der Waals surface area contributed by atoms with Crippen molar-refractivity contribution in [1.29, 1.82) is 0 Å². The highest BCUT2D eigenvalue weighted by atomic mass is 35.5. The second kappa shape index (κ2) is 8.34. The summed E-state index contributed by atoms with van der Waals surface area (Å²) in [4.78, 5) is 10.9. The molecule has 10 heteroatoms. The Bertz CT molecular complexity index is 706. The summed E-state index contributed by atoms with van der Waals surface area (Å²) in [6, 6.07) is 3.49. The Morgan fingerprint density at radius 3 is 2.83 bits per heavy atom. The van der Waals surface area contributed by atoms with Crippen LogP contribution < -0.4 is 20.5 Å². The molecule has 3 N–H and O–H groups in total. The number of nitrogens with two attached hydrogens (primary N) is 1. The number of amides is 1. The van der Waals surface area contributed by atoms with Crippen LogP contribution in [0.5, 0.6) is 11.5 Å². The third-order valence-electron chi connectivity index (χ3n) is 3.01. The smallest absolute Gasteiger partial charge is 0.255 e. The lowest BCUT2D eigenvalue weighted by Crippen LogP contribution is -2.20. The van der Waals surface area contributed by atoms with Crippen molar-refractivity contribution in [3.8, 4) is 11.5 Å². The second-order valence-corrected chi connectivity index (χ2v) is 5.17. The van der Waals surface area contributed by atoms with E-state index in [1.54, 1.807) is 16.8 Å². The van der Waals surface area contributed by atoms with Gasteiger partial charge in [0, 0.05) is 13.1 Å². The van der Waals surface area contributed by atoms with Gasteiger partial charge in [-0.15, -0.1) is 0 Å². The van der Waals surface area contributed by atoms with Gasteiger partial charge in [0.25, 0.3) is 5.91 Å². The molecule has 1 aromatic heterocycles. The predicted molar refractivity (Wildman–Crippen MR) is 88.1 cm³/mol. The summed E-state index contributed by atoms with van der Waals surface area (Å²) < 4.78 is 12.5. The van der Waals surface area contributed by atoms with Crippen LogP contribution in [0.1, 0.15) is 19.4 Å². The van der Waals surface area contributed by atoms with Crippen LogP contribution in [-0.4, -0.2) is 39.3 Å². The van der Waals surface area contributed by atoms with E-state index in [0.29, 0.717) is 42.2 Å². The van der Waals surface area contributed by atoms with Crippen molar-refractivity contribution in [2.75, 3.05) is 18.5 Å². The molecule has 0 atom stereocenters. The molecule has 0 aliphatic heterocycles. The van der Waals surface area contributed by atoms with Gasteiger partial charge in [0.2, 0.25) is 5.95 Å². The van der Waals surface area contributed by atoms with Gasteiger partial charge in [-0.3, -0.25) is 4.79 Å². The van der Waals surface area contributed by atoms with Crippen molar-refractivity contribution in [2.24, 2.45) is 5.73 Å². The van der Waals surface area contributed by atoms with Gasteiger partial charge in [0.1, 0.15) is 0 Å². The highest BCUT2D eigenvalue weighted by Gasteiger charge is 2.14. The lowest BCUT2D eigenvalue weighted by molar-refractivity contribution is -0.119. The van der Waals surface area contributed by atoms with Gasteiger partial charge in [-0.05, 0) is 42.0 Å². The normalized spacial score (nSPS) is 10.5. The minimum atomic E-state index is -0.592. The SMILES string of the molecule is CCOc1cc(CNc2nnnn2CC)cc(Cl)c1OCC(N)=O. The molecule has 24 heavy (non-hydrogen) atoms. The molecule has 2 aromatic rings. The van der Waals surface area contributed by atoms with Crippen molar-refractivity contribution in [3.05, 3.63) is 22.7 Å². The lowest BCUT2D eigenvalue weighted by atomic mass is 10.2. The Morgan fingerprint density at radius 2 is 2.17 bits per heavy atom. The van der Waals surface area contributed by atoms with Crippen LogP contribution in [0.15, 0.2) is 12.1 Å². The molecule has 1 aromatic carbocycles. The van der Waals surface area contributed by atoms with E-state index in [1.165, 1.54) is 0 Å². The number of carbonyl (C=O) groups excluding carboxylic acids is 1. The molecule has 0 saturated heterocycles. The predicted octanol–water partition coefficient (Wildman–Crippen LogP) is 1.22. The topological polar surface area (TPSA) is 117 Å². The fraction of sp³-hybridized carbons (Fsp3) is 0.429. The van der Waals surface area contributed by atoms with Crippen molar-refractivity contribution in [1.82, 2.24) is 20.2 Å². The standard InChI is InChI=1S/C14H19ClN6O3/c1-3-21-14(18-19-20-21)17-7-9-5-10(15)13(24-8-12(16)22)11(6-9)23-4-2/h5-6H,3-4,7-8H2,1-2H3,(H2,16,22)(H,17,18,20). The van der Waals surface area contributed by atoms with Crippen LogP contribution in [0.4, 0.5) is 5.95 Å². The summed E-state index contributed by atoms with van der Waals surface area (Å²) >= 11 is 6.24. The van der Waals surface area contributed by atoms with E-state index < -0.39 is 5.91 Å². The number of anilines is 1. The van der Waals surface area contributed by atoms with E-state index in [4.69, 9.17) is 26.8 Å². The van der Waals surface area contributed by atoms with E-state index >= 15 is 0 Å². The van der Waals surface area contributed by atoms with Crippen LogP contribution in [0, 0.1) is 0 Å². The van der Waals surface area contributed by atoms with E-state index in [-0.39, 0.29) is 6.61 Å². The summed E-state index contributed by atoms with van der Waals surface area (Å²) in [6.07, 6.45) is 0. The Morgan fingerprint density at radius 1 is 1.38 bits per heavy atom. The number of primary amides is 1. The first-order chi connectivity index (χ1) is 11.5. The van der Waals surface area contributed by atoms with E-state index in [2.05, 4.69) is 20.8 Å². The number of ether oxygens (including phenoxy) is 2. The number of aromatic nitrogens is 4.